The molecule has 5 heteroatoms. The maximum Gasteiger partial charge on any atom is 0.368 e. The van der Waals surface area contributed by atoms with Crippen LogP contribution in [0.15, 0.2) is 52.7 Å². The Balaban J connectivity index is 2.22. The van der Waals surface area contributed by atoms with Gasteiger partial charge in [-0.2, -0.15) is 0 Å². The first kappa shape index (κ1) is 15.8. The molecule has 0 saturated heterocycles. The molecular weight excluding hydrogens is 285 g/mol. The molecule has 0 radical (unpaired) electrons. The van der Waals surface area contributed by atoms with Gasteiger partial charge in [0.1, 0.15) is 11.5 Å². The first-order valence-electron chi connectivity index (χ1n) is 6.88. The highest BCUT2D eigenvalue weighted by Crippen LogP contribution is 2.19. The molecule has 1 aliphatic carbocycles. The summed E-state index contributed by atoms with van der Waals surface area (Å²) in [5.74, 6) is -1.59. The molecule has 1 aromatic rings. The quantitative estimate of drug-likeness (QED) is 0.488. The summed E-state index contributed by atoms with van der Waals surface area (Å²) in [4.78, 5) is 28.5. The van der Waals surface area contributed by atoms with E-state index in [-0.39, 0.29) is 17.3 Å². The van der Waals surface area contributed by atoms with Gasteiger partial charge in [-0.3, -0.25) is 4.79 Å². The lowest BCUT2D eigenvalue weighted by Crippen LogP contribution is -2.16. The van der Waals surface area contributed by atoms with Crippen molar-refractivity contribution in [1.29, 1.82) is 0 Å². The summed E-state index contributed by atoms with van der Waals surface area (Å²) in [6.07, 6.45) is 3.04. The molecule has 0 unspecified atom stereocenters. The van der Waals surface area contributed by atoms with Crippen LogP contribution in [0.5, 0.6) is 0 Å². The van der Waals surface area contributed by atoms with E-state index in [4.69, 9.17) is 4.84 Å². The van der Waals surface area contributed by atoms with Crippen LogP contribution in [0.4, 0.5) is 4.39 Å². The first-order chi connectivity index (χ1) is 10.4. The Hall–Kier alpha value is -2.56. The summed E-state index contributed by atoms with van der Waals surface area (Å²) in [6, 6.07) is 5.51. The zero-order valence-electron chi connectivity index (χ0n) is 12.6. The minimum absolute atomic E-state index is 0.0318. The van der Waals surface area contributed by atoms with Crippen LogP contribution < -0.4 is 0 Å². The van der Waals surface area contributed by atoms with Crippen molar-refractivity contribution in [3.63, 3.8) is 0 Å². The van der Waals surface area contributed by atoms with E-state index in [1.807, 2.05) is 13.8 Å². The van der Waals surface area contributed by atoms with Crippen LogP contribution in [-0.2, 0) is 9.63 Å². The molecule has 0 fully saturated rings. The van der Waals surface area contributed by atoms with Crippen molar-refractivity contribution in [3.8, 4) is 0 Å². The van der Waals surface area contributed by atoms with Crippen molar-refractivity contribution < 1.29 is 18.8 Å². The van der Waals surface area contributed by atoms with Crippen LogP contribution in [0.3, 0.4) is 0 Å². The predicted molar refractivity (Wildman–Crippen MR) is 80.9 cm³/mol. The van der Waals surface area contributed by atoms with Gasteiger partial charge in [0.05, 0.1) is 5.56 Å². The Kier molecular flexibility index (Phi) is 4.65. The highest BCUT2D eigenvalue weighted by Gasteiger charge is 2.20. The molecule has 4 nitrogen and oxygen atoms in total. The molecule has 0 saturated carbocycles. The average Bonchev–Trinajstić information content (AvgIpc) is 2.46. The SMILES string of the molecule is CC1=CC(=O)C(C(C)C)=C/C1=N\OC(=O)c1ccccc1F. The molecule has 0 bridgehead atoms. The van der Waals surface area contributed by atoms with E-state index in [0.717, 1.165) is 0 Å². The fourth-order valence-corrected chi connectivity index (χ4v) is 2.00. The molecular formula is C17H16FNO3. The van der Waals surface area contributed by atoms with Crippen molar-refractivity contribution in [2.24, 2.45) is 11.1 Å². The van der Waals surface area contributed by atoms with Crippen LogP contribution in [0, 0.1) is 11.7 Å². The fourth-order valence-electron chi connectivity index (χ4n) is 2.00. The van der Waals surface area contributed by atoms with Crippen molar-refractivity contribution in [2.75, 3.05) is 0 Å². The maximum absolute atomic E-state index is 13.5. The second-order valence-electron chi connectivity index (χ2n) is 5.28. The highest BCUT2D eigenvalue weighted by molar-refractivity contribution is 6.21. The molecule has 0 spiro atoms. The van der Waals surface area contributed by atoms with E-state index >= 15 is 0 Å². The zero-order chi connectivity index (χ0) is 16.3. The Labute approximate surface area is 128 Å². The number of oxime groups is 1. The van der Waals surface area contributed by atoms with Gasteiger partial charge < -0.3 is 4.84 Å². The van der Waals surface area contributed by atoms with Gasteiger partial charge in [0.25, 0.3) is 0 Å². The van der Waals surface area contributed by atoms with Gasteiger partial charge in [0.15, 0.2) is 5.78 Å². The van der Waals surface area contributed by atoms with Crippen molar-refractivity contribution in [3.05, 3.63) is 58.9 Å². The molecule has 0 amide bonds. The fraction of sp³-hybridized carbons (Fsp3) is 0.235. The lowest BCUT2D eigenvalue weighted by molar-refractivity contribution is -0.111. The Bertz CT molecular complexity index is 714. The molecule has 0 heterocycles. The minimum Gasteiger partial charge on any atom is -0.312 e. The van der Waals surface area contributed by atoms with Crippen LogP contribution in [0.25, 0.3) is 0 Å². The number of halogens is 1. The van der Waals surface area contributed by atoms with Gasteiger partial charge in [0.2, 0.25) is 0 Å². The third kappa shape index (κ3) is 3.36. The summed E-state index contributed by atoms with van der Waals surface area (Å²) < 4.78 is 13.5. The third-order valence-corrected chi connectivity index (χ3v) is 3.27. The van der Waals surface area contributed by atoms with Gasteiger partial charge in [0, 0.05) is 5.57 Å². The van der Waals surface area contributed by atoms with Crippen LogP contribution in [0.1, 0.15) is 31.1 Å². The Morgan fingerprint density at radius 2 is 1.91 bits per heavy atom. The molecule has 1 aromatic carbocycles. The van der Waals surface area contributed by atoms with E-state index in [9.17, 15) is 14.0 Å². The summed E-state index contributed by atoms with van der Waals surface area (Å²) in [5, 5.41) is 3.75. The number of carbonyl (C=O) groups excluding carboxylic acids is 2. The summed E-state index contributed by atoms with van der Waals surface area (Å²) in [6.45, 7) is 5.48. The number of rotatable bonds is 3. The molecule has 0 atom stereocenters. The monoisotopic (exact) mass is 301 g/mol. The average molecular weight is 301 g/mol. The molecule has 0 aliphatic heterocycles. The number of nitrogens with zero attached hydrogens (tertiary/aromatic N) is 1. The van der Waals surface area contributed by atoms with Gasteiger partial charge in [-0.25, -0.2) is 9.18 Å². The smallest absolute Gasteiger partial charge is 0.312 e. The lowest BCUT2D eigenvalue weighted by Gasteiger charge is -2.14. The van der Waals surface area contributed by atoms with Crippen molar-refractivity contribution in [1.82, 2.24) is 0 Å². The number of carbonyl (C=O) groups is 2. The van der Waals surface area contributed by atoms with Gasteiger partial charge >= 0.3 is 5.97 Å². The number of allylic oxidation sites excluding steroid dienone is 4. The number of hydrogen-bond acceptors (Lipinski definition) is 4. The molecule has 0 N–H and O–H groups in total. The molecule has 2 rings (SSSR count). The van der Waals surface area contributed by atoms with E-state index in [1.54, 1.807) is 13.0 Å². The van der Waals surface area contributed by atoms with Crippen LogP contribution in [0.2, 0.25) is 0 Å². The van der Waals surface area contributed by atoms with E-state index < -0.39 is 11.8 Å². The minimum atomic E-state index is -0.880. The zero-order valence-corrected chi connectivity index (χ0v) is 12.6. The largest absolute Gasteiger partial charge is 0.368 e. The molecule has 1 aliphatic rings. The number of ketones is 1. The van der Waals surface area contributed by atoms with Gasteiger partial charge in [-0.15, -0.1) is 0 Å². The number of benzene rings is 1. The second kappa shape index (κ2) is 6.47. The van der Waals surface area contributed by atoms with E-state index in [2.05, 4.69) is 5.16 Å². The molecule has 0 aromatic heterocycles. The molecule has 114 valence electrons. The summed E-state index contributed by atoms with van der Waals surface area (Å²) in [7, 11) is 0. The lowest BCUT2D eigenvalue weighted by atomic mass is 9.90. The second-order valence-corrected chi connectivity index (χ2v) is 5.28. The Morgan fingerprint density at radius 1 is 1.23 bits per heavy atom. The Morgan fingerprint density at radius 3 is 2.55 bits per heavy atom. The van der Waals surface area contributed by atoms with Gasteiger partial charge in [-0.1, -0.05) is 31.1 Å². The number of hydrogen-bond donors (Lipinski definition) is 0. The topological polar surface area (TPSA) is 55.7 Å². The normalized spacial score (nSPS) is 16.6. The van der Waals surface area contributed by atoms with Gasteiger partial charge in [-0.05, 0) is 42.7 Å². The van der Waals surface area contributed by atoms with Crippen molar-refractivity contribution >= 4 is 17.5 Å². The first-order valence-corrected chi connectivity index (χ1v) is 6.88. The summed E-state index contributed by atoms with van der Waals surface area (Å²) >= 11 is 0. The predicted octanol–water partition coefficient (Wildman–Crippen LogP) is 3.45. The highest BCUT2D eigenvalue weighted by atomic mass is 19.1. The standard InChI is InChI=1S/C17H16FNO3/c1-10(2)13-9-15(11(3)8-16(13)20)19-22-17(21)12-6-4-5-7-14(12)18/h4-10H,1-3H3/b19-15+. The van der Waals surface area contributed by atoms with E-state index in [1.165, 1.54) is 30.3 Å². The van der Waals surface area contributed by atoms with Crippen molar-refractivity contribution in [2.45, 2.75) is 20.8 Å². The summed E-state index contributed by atoms with van der Waals surface area (Å²) in [5.41, 5.74) is 1.38. The third-order valence-electron chi connectivity index (χ3n) is 3.27. The van der Waals surface area contributed by atoms with Crippen LogP contribution in [-0.4, -0.2) is 17.5 Å². The molecule has 22 heavy (non-hydrogen) atoms. The van der Waals surface area contributed by atoms with Crippen LogP contribution >= 0.6 is 0 Å². The van der Waals surface area contributed by atoms with E-state index in [0.29, 0.717) is 16.9 Å². The maximum atomic E-state index is 13.5.